The van der Waals surface area contributed by atoms with Crippen LogP contribution in [0.15, 0.2) is 280 Å². The quantitative estimate of drug-likeness (QED) is 0.0821. The summed E-state index contributed by atoms with van der Waals surface area (Å²) in [4.78, 5) is 21.4. The van der Waals surface area contributed by atoms with Gasteiger partial charge in [-0.15, -0.1) is 79.9 Å². The summed E-state index contributed by atoms with van der Waals surface area (Å²) < 4.78 is 7.71. The second-order valence-electron chi connectivity index (χ2n) is 19.6. The third kappa shape index (κ3) is 25.9. The second-order valence-corrected chi connectivity index (χ2v) is 55.9. The van der Waals surface area contributed by atoms with Crippen molar-refractivity contribution < 1.29 is 27.1 Å². The van der Waals surface area contributed by atoms with Crippen molar-refractivity contribution in [3.8, 4) is 21.7 Å². The van der Waals surface area contributed by atoms with Crippen LogP contribution in [0.1, 0.15) is 0 Å². The van der Waals surface area contributed by atoms with Crippen molar-refractivity contribution in [1.82, 2.24) is 15.0 Å². The minimum atomic E-state index is -1.64. The molecule has 0 bridgehead atoms. The molecule has 8 aromatic heterocycles. The summed E-state index contributed by atoms with van der Waals surface area (Å²) in [7, 11) is 23.4. The van der Waals surface area contributed by atoms with Gasteiger partial charge in [0.2, 0.25) is 0 Å². The standard InChI is InChI=1S/2C18H15P.C11H5NS3.C11H7NS3.C4H3S.C3HBr2NS.CH2Cl2.3CH3.5ClH.Fe.Pd.Sn/c2*1-4-10-16(11-5-1)19(17-12-6-2-7-13-17)18-14-8-3-9-15-18;1-3-13-10-6(1)8-9(15-5-12-8)7-2-4-14-11(7)10;1-3-13-5-8(1)10-11(15-7-12-10)9-2-4-14-6-9;1-2-4-5-3-1;4-2-3(5)7-1-6-2;2-1-3;;;;;;;;;;;/h2*1-15H;1-5H;1-7H;1,3-4H;1H;1H2;3*1H3;5*1H;;;/q;;;;;;;;;;;;;;;+3;+2;/p-5. The van der Waals surface area contributed by atoms with Gasteiger partial charge in [-0.05, 0) is 131 Å². The van der Waals surface area contributed by atoms with E-state index in [4.69, 9.17) is 72.6 Å². The summed E-state index contributed by atoms with van der Waals surface area (Å²) >= 11 is 26.9. The SMILES string of the molecule is Brc1ncsc1Br.ClCCl.[CH3][Sn]([CH3])([CH3])[c]1ccsc1.[Cl][Fe]([Cl])[Cl].[Cl][Pd][Cl].c1cc(-c2ncsc2-c2ccsc2)cs1.c1ccc(P(c2ccccc2)c2ccccc2)cc1.c1ccc(P(c2ccccc2)c2ccccc2)cc1.c1nc2c3ccsc3c3sccc3c2s1. The van der Waals surface area contributed by atoms with Crippen LogP contribution in [-0.4, -0.2) is 38.7 Å². The van der Waals surface area contributed by atoms with E-state index in [2.05, 4.69) is 317 Å². The van der Waals surface area contributed by atoms with E-state index >= 15 is 0 Å². The van der Waals surface area contributed by atoms with Crippen molar-refractivity contribution in [2.24, 2.45) is 0 Å². The number of rotatable bonds is 9. The van der Waals surface area contributed by atoms with Crippen LogP contribution in [0.3, 0.4) is 0 Å². The molecular formula is C69H57Br2Cl7FeN3P2PdS8Sn. The van der Waals surface area contributed by atoms with Crippen molar-refractivity contribution in [3.05, 3.63) is 280 Å². The van der Waals surface area contributed by atoms with Crippen LogP contribution in [0.5, 0.6) is 0 Å². The van der Waals surface area contributed by atoms with Gasteiger partial charge in [0, 0.05) is 27.3 Å². The molecule has 94 heavy (non-hydrogen) atoms. The van der Waals surface area contributed by atoms with Crippen molar-refractivity contribution in [2.75, 3.05) is 5.34 Å². The van der Waals surface area contributed by atoms with E-state index in [9.17, 15) is 0 Å². The van der Waals surface area contributed by atoms with E-state index in [1.54, 1.807) is 65.8 Å². The number of thiophene rings is 5. The molecule has 0 fully saturated rings. The maximum absolute atomic E-state index is 4.89. The van der Waals surface area contributed by atoms with Crippen molar-refractivity contribution in [1.29, 1.82) is 0 Å². The zero-order chi connectivity index (χ0) is 66.9. The van der Waals surface area contributed by atoms with Gasteiger partial charge in [-0.3, -0.25) is 0 Å². The number of hydrogen-bond acceptors (Lipinski definition) is 11. The molecule has 0 amide bonds. The average Bonchev–Trinajstić information content (AvgIpc) is 1.59. The monoisotopic (exact) mass is 1930 g/mol. The Kier molecular flexibility index (Phi) is 38.0. The fraction of sp³-hybridized carbons (Fsp3) is 0.0580. The summed E-state index contributed by atoms with van der Waals surface area (Å²) in [5, 5.41) is 28.6. The number of fused-ring (bicyclic) bond motifs is 6. The van der Waals surface area contributed by atoms with E-state index in [-0.39, 0.29) is 21.3 Å². The van der Waals surface area contributed by atoms with E-state index < -0.39 is 45.4 Å². The molecule has 0 aliphatic rings. The molecule has 7 aromatic carbocycles. The Morgan fingerprint density at radius 1 is 0.426 bits per heavy atom. The fourth-order valence-corrected chi connectivity index (χ4v) is 26.1. The van der Waals surface area contributed by atoms with Crippen molar-refractivity contribution in [2.45, 2.75) is 14.8 Å². The summed E-state index contributed by atoms with van der Waals surface area (Å²) in [6.45, 7) is 0. The molecule has 0 saturated heterocycles. The number of nitrogens with zero attached hydrogens (tertiary/aromatic N) is 3. The van der Waals surface area contributed by atoms with Gasteiger partial charge in [0.05, 0.1) is 52.1 Å². The molecule has 15 rings (SSSR count). The molecular weight excluding hydrogens is 1880 g/mol. The average molecular weight is 1940 g/mol. The molecule has 0 radical (unpaired) electrons. The Labute approximate surface area is 649 Å². The predicted octanol–water partition coefficient (Wildman–Crippen LogP) is 26.0. The van der Waals surface area contributed by atoms with E-state index in [0.717, 1.165) is 14.1 Å². The van der Waals surface area contributed by atoms with Crippen LogP contribution in [0, 0.1) is 0 Å². The third-order valence-electron chi connectivity index (χ3n) is 12.7. The van der Waals surface area contributed by atoms with Crippen molar-refractivity contribution >= 4 is 295 Å². The van der Waals surface area contributed by atoms with Crippen LogP contribution in [-0.2, 0) is 27.1 Å². The van der Waals surface area contributed by atoms with Gasteiger partial charge in [0.1, 0.15) is 8.39 Å². The zero-order valence-electron chi connectivity index (χ0n) is 49.8. The summed E-state index contributed by atoms with van der Waals surface area (Å²) in [5.74, 6) is 0. The smallest absolute Gasteiger partial charge is 0.0905 e. The molecule has 0 unspecified atom stereocenters. The molecule has 0 aliphatic carbocycles. The first-order valence-electron chi connectivity index (χ1n) is 27.6. The summed E-state index contributed by atoms with van der Waals surface area (Å²) in [5.41, 5.74) is 10.4. The molecule has 491 valence electrons. The first-order chi connectivity index (χ1) is 45.8. The Hall–Kier alpha value is -1.46. The Bertz CT molecular complexity index is 3840. The van der Waals surface area contributed by atoms with Crippen LogP contribution >= 0.6 is 211 Å². The first-order valence-corrected chi connectivity index (χ1v) is 58.8. The van der Waals surface area contributed by atoms with E-state index in [0.29, 0.717) is 0 Å². The molecule has 25 heteroatoms. The minimum Gasteiger partial charge on any atom is -0.244 e. The fourth-order valence-electron chi connectivity index (χ4n) is 8.68. The molecule has 8 heterocycles. The van der Waals surface area contributed by atoms with Crippen LogP contribution < -0.4 is 35.4 Å². The molecule has 3 nitrogen and oxygen atoms in total. The number of benzene rings is 7. The van der Waals surface area contributed by atoms with Crippen LogP contribution in [0.4, 0.5) is 0 Å². The number of aromatic nitrogens is 3. The second kappa shape index (κ2) is 44.7. The molecule has 0 saturated carbocycles. The minimum absolute atomic E-state index is 0.106. The largest absolute Gasteiger partial charge is 0.244 e. The molecule has 0 N–H and O–H groups in total. The normalized spacial score (nSPS) is 10.6. The molecule has 15 aromatic rings. The van der Waals surface area contributed by atoms with Gasteiger partial charge in [0.25, 0.3) is 0 Å². The molecule has 0 atom stereocenters. The van der Waals surface area contributed by atoms with Gasteiger partial charge in [-0.1, -0.05) is 182 Å². The Balaban J connectivity index is 0.000000158. The predicted molar refractivity (Wildman–Crippen MR) is 440 cm³/mol. The number of alkyl halides is 2. The van der Waals surface area contributed by atoms with Gasteiger partial charge in [-0.25, -0.2) is 15.0 Å². The van der Waals surface area contributed by atoms with Gasteiger partial charge in [-0.2, -0.15) is 22.7 Å². The van der Waals surface area contributed by atoms with Crippen LogP contribution in [0.25, 0.3) is 52.1 Å². The number of thiazole rings is 3. The topological polar surface area (TPSA) is 38.7 Å². The molecule has 0 aliphatic heterocycles. The summed E-state index contributed by atoms with van der Waals surface area (Å²) in [6.07, 6.45) is 0. The van der Waals surface area contributed by atoms with Crippen LogP contribution in [0.2, 0.25) is 14.8 Å². The summed E-state index contributed by atoms with van der Waals surface area (Å²) in [6, 6.07) is 75.6. The zero-order valence-corrected chi connectivity index (χ0v) is 72.1. The van der Waals surface area contributed by atoms with Gasteiger partial charge >= 0.3 is 141 Å². The van der Waals surface area contributed by atoms with E-state index in [1.165, 1.54) is 78.2 Å². The Morgan fingerprint density at radius 3 is 1.12 bits per heavy atom. The Morgan fingerprint density at radius 2 is 0.787 bits per heavy atom. The maximum atomic E-state index is 4.89. The molecule has 0 spiro atoms. The van der Waals surface area contributed by atoms with Gasteiger partial charge in [0.15, 0.2) is 0 Å². The van der Waals surface area contributed by atoms with Crippen molar-refractivity contribution in [3.63, 3.8) is 0 Å². The maximum Gasteiger partial charge on any atom is 0.0905 e. The number of halogens is 9. The van der Waals surface area contributed by atoms with E-state index in [1.807, 2.05) is 45.0 Å². The van der Waals surface area contributed by atoms with Gasteiger partial charge < -0.3 is 0 Å². The third-order valence-corrected chi connectivity index (χ3v) is 32.7. The number of hydrogen-bond donors (Lipinski definition) is 0. The first kappa shape index (κ1) is 79.9.